The first-order valence-electron chi connectivity index (χ1n) is 5.33. The summed E-state index contributed by atoms with van der Waals surface area (Å²) in [5, 5.41) is 9.11. The molecule has 0 saturated heterocycles. The molecule has 1 N–H and O–H groups in total. The topological polar surface area (TPSA) is 63.1 Å². The van der Waals surface area contributed by atoms with Crippen LogP contribution >= 0.6 is 23.2 Å². The number of rotatable bonds is 2. The molecule has 0 bridgehead atoms. The highest BCUT2D eigenvalue weighted by Crippen LogP contribution is 2.33. The van der Waals surface area contributed by atoms with Gasteiger partial charge in [-0.1, -0.05) is 23.2 Å². The number of benzene rings is 1. The summed E-state index contributed by atoms with van der Waals surface area (Å²) < 4.78 is 38.6. The van der Waals surface area contributed by atoms with E-state index < -0.39 is 23.4 Å². The summed E-state index contributed by atoms with van der Waals surface area (Å²) in [6, 6.07) is 4.07. The van der Waals surface area contributed by atoms with Crippen molar-refractivity contribution < 1.29 is 23.1 Å². The Balaban J connectivity index is 2.64. The zero-order valence-corrected chi connectivity index (χ0v) is 11.5. The molecule has 1 aromatic heterocycles. The average molecular weight is 337 g/mol. The summed E-state index contributed by atoms with van der Waals surface area (Å²) in [7, 11) is 0. The van der Waals surface area contributed by atoms with E-state index in [0.717, 1.165) is 0 Å². The first-order chi connectivity index (χ1) is 9.70. The Labute approximate surface area is 126 Å². The van der Waals surface area contributed by atoms with Crippen LogP contribution in [0.4, 0.5) is 13.2 Å². The number of nitrogens with zero attached hydrogens (tertiary/aromatic N) is 2. The Morgan fingerprint density at radius 2 is 1.90 bits per heavy atom. The molecule has 4 nitrogen and oxygen atoms in total. The SMILES string of the molecule is O=C(O)c1cnc(-c2ccc(Cl)cc2Cl)nc1C(F)(F)F. The van der Waals surface area contributed by atoms with Gasteiger partial charge in [0, 0.05) is 16.8 Å². The zero-order valence-electron chi connectivity index (χ0n) is 9.95. The Bertz CT molecular complexity index is 720. The van der Waals surface area contributed by atoms with E-state index in [-0.39, 0.29) is 16.4 Å². The van der Waals surface area contributed by atoms with Crippen molar-refractivity contribution in [1.29, 1.82) is 0 Å². The minimum Gasteiger partial charge on any atom is -0.478 e. The van der Waals surface area contributed by atoms with Crippen molar-refractivity contribution >= 4 is 29.2 Å². The lowest BCUT2D eigenvalue weighted by Gasteiger charge is -2.11. The van der Waals surface area contributed by atoms with Crippen LogP contribution in [0.15, 0.2) is 24.4 Å². The Kier molecular flexibility index (Phi) is 4.06. The lowest BCUT2D eigenvalue weighted by Crippen LogP contribution is -2.16. The molecule has 0 aliphatic heterocycles. The van der Waals surface area contributed by atoms with Gasteiger partial charge in [-0.05, 0) is 18.2 Å². The van der Waals surface area contributed by atoms with Crippen LogP contribution in [0.3, 0.4) is 0 Å². The first kappa shape index (κ1) is 15.5. The lowest BCUT2D eigenvalue weighted by molar-refractivity contribution is -0.141. The molecule has 110 valence electrons. The first-order valence-corrected chi connectivity index (χ1v) is 6.08. The predicted octanol–water partition coefficient (Wildman–Crippen LogP) is 4.17. The van der Waals surface area contributed by atoms with E-state index in [9.17, 15) is 18.0 Å². The van der Waals surface area contributed by atoms with Gasteiger partial charge in [-0.3, -0.25) is 0 Å². The molecule has 0 aliphatic carbocycles. The zero-order chi connectivity index (χ0) is 15.8. The summed E-state index contributed by atoms with van der Waals surface area (Å²) in [6.45, 7) is 0. The van der Waals surface area contributed by atoms with Gasteiger partial charge < -0.3 is 5.11 Å². The third kappa shape index (κ3) is 3.25. The third-order valence-corrected chi connectivity index (χ3v) is 3.01. The molecule has 0 spiro atoms. The molecular formula is C12H5Cl2F3N2O2. The Morgan fingerprint density at radius 1 is 1.24 bits per heavy atom. The standard InChI is InChI=1S/C12H5Cl2F3N2O2/c13-5-1-2-6(8(14)3-5)10-18-4-7(11(20)21)9(19-10)12(15,16)17/h1-4H,(H,20,21). The summed E-state index contributed by atoms with van der Waals surface area (Å²) in [5.74, 6) is -2.11. The summed E-state index contributed by atoms with van der Waals surface area (Å²) >= 11 is 11.6. The Hall–Kier alpha value is -1.86. The largest absolute Gasteiger partial charge is 0.478 e. The van der Waals surface area contributed by atoms with Crippen molar-refractivity contribution in [2.45, 2.75) is 6.18 Å². The van der Waals surface area contributed by atoms with Crippen LogP contribution in [0.2, 0.25) is 10.0 Å². The maximum atomic E-state index is 12.9. The molecule has 21 heavy (non-hydrogen) atoms. The maximum Gasteiger partial charge on any atom is 0.434 e. The highest BCUT2D eigenvalue weighted by atomic mass is 35.5. The molecule has 0 fully saturated rings. The normalized spacial score (nSPS) is 11.5. The van der Waals surface area contributed by atoms with Gasteiger partial charge in [0.15, 0.2) is 11.5 Å². The molecule has 2 aromatic rings. The summed E-state index contributed by atoms with van der Waals surface area (Å²) in [4.78, 5) is 17.7. The van der Waals surface area contributed by atoms with E-state index in [4.69, 9.17) is 28.3 Å². The van der Waals surface area contributed by atoms with Crippen LogP contribution in [0, 0.1) is 0 Å². The van der Waals surface area contributed by atoms with Crippen molar-refractivity contribution in [2.24, 2.45) is 0 Å². The van der Waals surface area contributed by atoms with Crippen LogP contribution in [-0.2, 0) is 6.18 Å². The van der Waals surface area contributed by atoms with Gasteiger partial charge in [0.25, 0.3) is 0 Å². The van der Waals surface area contributed by atoms with Gasteiger partial charge >= 0.3 is 12.1 Å². The molecule has 9 heteroatoms. The number of halogens is 5. The molecule has 2 rings (SSSR count). The van der Waals surface area contributed by atoms with Crippen molar-refractivity contribution in [2.75, 3.05) is 0 Å². The van der Waals surface area contributed by atoms with E-state index in [1.807, 2.05) is 0 Å². The monoisotopic (exact) mass is 336 g/mol. The Morgan fingerprint density at radius 3 is 2.43 bits per heavy atom. The van der Waals surface area contributed by atoms with Gasteiger partial charge in [-0.2, -0.15) is 13.2 Å². The van der Waals surface area contributed by atoms with Crippen molar-refractivity contribution in [3.63, 3.8) is 0 Å². The molecule has 0 aliphatic rings. The predicted molar refractivity (Wildman–Crippen MR) is 69.4 cm³/mol. The fourth-order valence-corrected chi connectivity index (χ4v) is 2.05. The van der Waals surface area contributed by atoms with Crippen molar-refractivity contribution in [1.82, 2.24) is 9.97 Å². The van der Waals surface area contributed by atoms with E-state index >= 15 is 0 Å². The van der Waals surface area contributed by atoms with Crippen LogP contribution in [0.25, 0.3) is 11.4 Å². The number of aromatic carboxylic acids is 1. The average Bonchev–Trinajstić information content (AvgIpc) is 2.37. The second kappa shape index (κ2) is 5.50. The molecule has 0 saturated carbocycles. The molecule has 1 aromatic carbocycles. The molecule has 0 radical (unpaired) electrons. The van der Waals surface area contributed by atoms with E-state index in [2.05, 4.69) is 9.97 Å². The number of hydrogen-bond donors (Lipinski definition) is 1. The van der Waals surface area contributed by atoms with Crippen LogP contribution in [0.1, 0.15) is 16.1 Å². The maximum absolute atomic E-state index is 12.9. The van der Waals surface area contributed by atoms with E-state index in [1.165, 1.54) is 18.2 Å². The van der Waals surface area contributed by atoms with Gasteiger partial charge in [0.05, 0.1) is 5.02 Å². The quantitative estimate of drug-likeness (QED) is 0.893. The van der Waals surface area contributed by atoms with Crippen molar-refractivity contribution in [3.8, 4) is 11.4 Å². The van der Waals surface area contributed by atoms with E-state index in [0.29, 0.717) is 11.2 Å². The number of carboxylic acids is 1. The third-order valence-electron chi connectivity index (χ3n) is 2.46. The molecule has 1 heterocycles. The fourth-order valence-electron chi connectivity index (χ4n) is 1.56. The second-order valence-electron chi connectivity index (χ2n) is 3.88. The number of aromatic nitrogens is 2. The van der Waals surface area contributed by atoms with Crippen molar-refractivity contribution in [3.05, 3.63) is 45.7 Å². The minimum atomic E-state index is -4.93. The van der Waals surface area contributed by atoms with Gasteiger partial charge in [0.2, 0.25) is 0 Å². The van der Waals surface area contributed by atoms with Crippen LogP contribution < -0.4 is 0 Å². The van der Waals surface area contributed by atoms with Gasteiger partial charge in [-0.15, -0.1) is 0 Å². The smallest absolute Gasteiger partial charge is 0.434 e. The van der Waals surface area contributed by atoms with Crippen LogP contribution in [0.5, 0.6) is 0 Å². The highest BCUT2D eigenvalue weighted by molar-refractivity contribution is 6.36. The highest BCUT2D eigenvalue weighted by Gasteiger charge is 2.38. The lowest BCUT2D eigenvalue weighted by atomic mass is 10.1. The van der Waals surface area contributed by atoms with Crippen LogP contribution in [-0.4, -0.2) is 21.0 Å². The summed E-state index contributed by atoms with van der Waals surface area (Å²) in [5.41, 5.74) is -2.45. The number of carboxylic acid groups (broad SMARTS) is 1. The number of alkyl halides is 3. The fraction of sp³-hybridized carbons (Fsp3) is 0.0833. The minimum absolute atomic E-state index is 0.0544. The molecular weight excluding hydrogens is 332 g/mol. The van der Waals surface area contributed by atoms with Gasteiger partial charge in [0.1, 0.15) is 5.56 Å². The number of carbonyl (C=O) groups is 1. The second-order valence-corrected chi connectivity index (χ2v) is 4.73. The summed E-state index contributed by atoms with van der Waals surface area (Å²) in [6.07, 6.45) is -4.33. The van der Waals surface area contributed by atoms with E-state index in [1.54, 1.807) is 0 Å². The molecule has 0 amide bonds. The van der Waals surface area contributed by atoms with Gasteiger partial charge in [-0.25, -0.2) is 14.8 Å². The molecule has 0 atom stereocenters. The number of hydrogen-bond acceptors (Lipinski definition) is 3. The molecule has 0 unspecified atom stereocenters.